The van der Waals surface area contributed by atoms with E-state index in [-0.39, 0.29) is 16.7 Å². The minimum absolute atomic E-state index is 0.108. The summed E-state index contributed by atoms with van der Waals surface area (Å²) in [6, 6.07) is 11.0. The van der Waals surface area contributed by atoms with Gasteiger partial charge in [0.25, 0.3) is 5.69 Å². The van der Waals surface area contributed by atoms with Gasteiger partial charge in [-0.05, 0) is 42.7 Å². The van der Waals surface area contributed by atoms with Gasteiger partial charge in [0.2, 0.25) is 0 Å². The number of aryl methyl sites for hydroxylation is 1. The molecule has 0 saturated heterocycles. The largest absolute Gasteiger partial charge is 0.327 e. The Morgan fingerprint density at radius 3 is 2.60 bits per heavy atom. The molecule has 1 aromatic heterocycles. The smallest absolute Gasteiger partial charge is 0.269 e. The Hall–Kier alpha value is -1.72. The monoisotopic (exact) mass is 290 g/mol. The molecule has 1 unspecified atom stereocenters. The summed E-state index contributed by atoms with van der Waals surface area (Å²) in [4.78, 5) is 11.6. The van der Waals surface area contributed by atoms with Crippen molar-refractivity contribution in [3.05, 3.63) is 62.3 Å². The minimum Gasteiger partial charge on any atom is -0.327 e. The second kappa shape index (κ2) is 7.17. The Kier molecular flexibility index (Phi) is 5.26. The number of thiophene rings is 1. The van der Waals surface area contributed by atoms with Crippen LogP contribution in [0.25, 0.3) is 0 Å². The van der Waals surface area contributed by atoms with Gasteiger partial charge >= 0.3 is 0 Å². The average molecular weight is 290 g/mol. The first-order valence-electron chi connectivity index (χ1n) is 6.66. The third kappa shape index (κ3) is 4.43. The lowest BCUT2D eigenvalue weighted by molar-refractivity contribution is -0.384. The molecule has 0 radical (unpaired) electrons. The Balaban J connectivity index is 1.76. The first-order valence-corrected chi connectivity index (χ1v) is 7.54. The van der Waals surface area contributed by atoms with Crippen LogP contribution in [0.3, 0.4) is 0 Å². The zero-order chi connectivity index (χ0) is 14.4. The summed E-state index contributed by atoms with van der Waals surface area (Å²) in [7, 11) is 0. The molecule has 0 amide bonds. The highest BCUT2D eigenvalue weighted by molar-refractivity contribution is 7.09. The van der Waals surface area contributed by atoms with Crippen molar-refractivity contribution >= 4 is 17.0 Å². The van der Waals surface area contributed by atoms with Crippen molar-refractivity contribution in [2.45, 2.75) is 31.7 Å². The topological polar surface area (TPSA) is 69.2 Å². The van der Waals surface area contributed by atoms with Gasteiger partial charge in [0, 0.05) is 23.1 Å². The normalized spacial score (nSPS) is 12.2. The third-order valence-corrected chi connectivity index (χ3v) is 4.16. The standard InChI is InChI=1S/C15H18N2O2S/c16-13(3-1-4-15-5-2-10-20-15)11-12-6-8-14(9-7-12)17(18)19/h2,5-10,13H,1,3-4,11,16H2. The van der Waals surface area contributed by atoms with E-state index < -0.39 is 0 Å². The molecule has 4 nitrogen and oxygen atoms in total. The first kappa shape index (κ1) is 14.7. The predicted octanol–water partition coefficient (Wildman–Crippen LogP) is 3.55. The number of rotatable bonds is 7. The fraction of sp³-hybridized carbons (Fsp3) is 0.333. The van der Waals surface area contributed by atoms with Crippen LogP contribution in [0.15, 0.2) is 41.8 Å². The summed E-state index contributed by atoms with van der Waals surface area (Å²) in [6.45, 7) is 0. The Bertz CT molecular complexity index is 538. The van der Waals surface area contributed by atoms with Gasteiger partial charge in [-0.1, -0.05) is 18.2 Å². The van der Waals surface area contributed by atoms with Crippen molar-refractivity contribution in [1.29, 1.82) is 0 Å². The van der Waals surface area contributed by atoms with Gasteiger partial charge in [-0.2, -0.15) is 0 Å². The summed E-state index contributed by atoms with van der Waals surface area (Å²) < 4.78 is 0. The number of nitrogens with two attached hydrogens (primary N) is 1. The molecule has 1 atom stereocenters. The highest BCUT2D eigenvalue weighted by atomic mass is 32.1. The van der Waals surface area contributed by atoms with E-state index in [1.165, 1.54) is 17.0 Å². The molecule has 0 bridgehead atoms. The van der Waals surface area contributed by atoms with Crippen molar-refractivity contribution in [3.63, 3.8) is 0 Å². The Labute approximate surface area is 122 Å². The van der Waals surface area contributed by atoms with Gasteiger partial charge in [0.1, 0.15) is 0 Å². The summed E-state index contributed by atoms with van der Waals surface area (Å²) in [5.41, 5.74) is 7.29. The Morgan fingerprint density at radius 2 is 2.00 bits per heavy atom. The summed E-state index contributed by atoms with van der Waals surface area (Å²) in [6.07, 6.45) is 3.89. The van der Waals surface area contributed by atoms with Crippen LogP contribution < -0.4 is 5.73 Å². The molecule has 20 heavy (non-hydrogen) atoms. The number of nitro groups is 1. The van der Waals surface area contributed by atoms with E-state index in [1.54, 1.807) is 23.5 Å². The molecular weight excluding hydrogens is 272 g/mol. The second-order valence-corrected chi connectivity index (χ2v) is 5.89. The first-order chi connectivity index (χ1) is 9.65. The number of hydrogen-bond acceptors (Lipinski definition) is 4. The predicted molar refractivity (Wildman–Crippen MR) is 82.0 cm³/mol. The molecule has 0 fully saturated rings. The lowest BCUT2D eigenvalue weighted by atomic mass is 10.0. The van der Waals surface area contributed by atoms with Crippen LogP contribution in [0.5, 0.6) is 0 Å². The Morgan fingerprint density at radius 1 is 1.25 bits per heavy atom. The molecule has 0 spiro atoms. The molecule has 1 aromatic carbocycles. The zero-order valence-corrected chi connectivity index (χ0v) is 12.0. The van der Waals surface area contributed by atoms with Crippen molar-refractivity contribution < 1.29 is 4.92 Å². The molecule has 0 aliphatic rings. The maximum absolute atomic E-state index is 10.6. The highest BCUT2D eigenvalue weighted by Gasteiger charge is 2.07. The number of hydrogen-bond donors (Lipinski definition) is 1. The van der Waals surface area contributed by atoms with Gasteiger partial charge in [-0.3, -0.25) is 10.1 Å². The van der Waals surface area contributed by atoms with E-state index in [0.29, 0.717) is 0 Å². The lowest BCUT2D eigenvalue weighted by Gasteiger charge is -2.11. The molecule has 0 aliphatic carbocycles. The van der Waals surface area contributed by atoms with Gasteiger partial charge in [0.15, 0.2) is 0 Å². The molecule has 1 heterocycles. The maximum atomic E-state index is 10.6. The quantitative estimate of drug-likeness (QED) is 0.626. The fourth-order valence-electron chi connectivity index (χ4n) is 2.15. The molecule has 0 saturated carbocycles. The van der Waals surface area contributed by atoms with Crippen molar-refractivity contribution in [2.75, 3.05) is 0 Å². The minimum atomic E-state index is -0.384. The highest BCUT2D eigenvalue weighted by Crippen LogP contribution is 2.16. The van der Waals surface area contributed by atoms with Gasteiger partial charge < -0.3 is 5.73 Å². The van der Waals surface area contributed by atoms with Crippen LogP contribution in [0, 0.1) is 10.1 Å². The molecule has 2 rings (SSSR count). The number of nitrogens with zero attached hydrogens (tertiary/aromatic N) is 1. The van der Waals surface area contributed by atoms with Gasteiger partial charge in [-0.25, -0.2) is 0 Å². The number of nitro benzene ring substituents is 1. The van der Waals surface area contributed by atoms with Crippen LogP contribution in [-0.4, -0.2) is 11.0 Å². The van der Waals surface area contributed by atoms with Crippen LogP contribution in [0.1, 0.15) is 23.3 Å². The van der Waals surface area contributed by atoms with E-state index in [9.17, 15) is 10.1 Å². The second-order valence-electron chi connectivity index (χ2n) is 4.86. The summed E-state index contributed by atoms with van der Waals surface area (Å²) >= 11 is 1.78. The van der Waals surface area contributed by atoms with E-state index in [2.05, 4.69) is 17.5 Å². The molecule has 2 aromatic rings. The molecule has 106 valence electrons. The van der Waals surface area contributed by atoms with Crippen LogP contribution in [0.2, 0.25) is 0 Å². The van der Waals surface area contributed by atoms with E-state index >= 15 is 0 Å². The maximum Gasteiger partial charge on any atom is 0.269 e. The number of benzene rings is 1. The van der Waals surface area contributed by atoms with Crippen LogP contribution >= 0.6 is 11.3 Å². The summed E-state index contributed by atoms with van der Waals surface area (Å²) in [5.74, 6) is 0. The van der Waals surface area contributed by atoms with Crippen molar-refractivity contribution in [1.82, 2.24) is 0 Å². The zero-order valence-electron chi connectivity index (χ0n) is 11.2. The van der Waals surface area contributed by atoms with Crippen LogP contribution in [0.4, 0.5) is 5.69 Å². The SMILES string of the molecule is NC(CCCc1cccs1)Cc1ccc([N+](=O)[O-])cc1. The number of non-ortho nitro benzene ring substituents is 1. The molecule has 0 aliphatic heterocycles. The van der Waals surface area contributed by atoms with Gasteiger partial charge in [0.05, 0.1) is 4.92 Å². The van der Waals surface area contributed by atoms with E-state index in [4.69, 9.17) is 5.73 Å². The fourth-order valence-corrected chi connectivity index (χ4v) is 2.90. The molecular formula is C15H18N2O2S. The van der Waals surface area contributed by atoms with Crippen molar-refractivity contribution in [3.8, 4) is 0 Å². The van der Waals surface area contributed by atoms with Crippen LogP contribution in [-0.2, 0) is 12.8 Å². The third-order valence-electron chi connectivity index (χ3n) is 3.22. The van der Waals surface area contributed by atoms with E-state index in [1.807, 2.05) is 0 Å². The average Bonchev–Trinajstić information content (AvgIpc) is 2.92. The summed E-state index contributed by atoms with van der Waals surface area (Å²) in [5, 5.41) is 12.7. The molecule has 2 N–H and O–H groups in total. The lowest BCUT2D eigenvalue weighted by Crippen LogP contribution is -2.22. The van der Waals surface area contributed by atoms with E-state index in [0.717, 1.165) is 31.2 Å². The van der Waals surface area contributed by atoms with Crippen molar-refractivity contribution in [2.24, 2.45) is 5.73 Å². The molecule has 5 heteroatoms. The van der Waals surface area contributed by atoms with Gasteiger partial charge in [-0.15, -0.1) is 11.3 Å².